The molecule has 0 radical (unpaired) electrons. The SMILES string of the molecule is O=c1n(C2CCNC2)cnn1C1CCOCC1. The molecule has 3 rings (SSSR count). The molecule has 2 saturated heterocycles. The monoisotopic (exact) mass is 238 g/mol. The van der Waals surface area contributed by atoms with Gasteiger partial charge in [-0.1, -0.05) is 0 Å². The van der Waals surface area contributed by atoms with Gasteiger partial charge in [0, 0.05) is 19.8 Å². The number of aromatic nitrogens is 3. The van der Waals surface area contributed by atoms with Crippen LogP contribution in [0.2, 0.25) is 0 Å². The zero-order valence-electron chi connectivity index (χ0n) is 9.84. The molecule has 2 fully saturated rings. The van der Waals surface area contributed by atoms with Crippen LogP contribution in [-0.4, -0.2) is 40.7 Å². The summed E-state index contributed by atoms with van der Waals surface area (Å²) >= 11 is 0. The first-order valence-electron chi connectivity index (χ1n) is 6.30. The van der Waals surface area contributed by atoms with Crippen molar-refractivity contribution in [2.45, 2.75) is 31.3 Å². The Kier molecular flexibility index (Phi) is 2.98. The zero-order valence-corrected chi connectivity index (χ0v) is 9.84. The van der Waals surface area contributed by atoms with E-state index in [0.717, 1.165) is 45.6 Å². The van der Waals surface area contributed by atoms with Gasteiger partial charge in [-0.3, -0.25) is 4.57 Å². The van der Waals surface area contributed by atoms with Crippen molar-refractivity contribution in [3.05, 3.63) is 16.8 Å². The van der Waals surface area contributed by atoms with Gasteiger partial charge in [0.05, 0.1) is 12.1 Å². The van der Waals surface area contributed by atoms with Gasteiger partial charge in [0.25, 0.3) is 0 Å². The Morgan fingerprint density at radius 1 is 1.29 bits per heavy atom. The highest BCUT2D eigenvalue weighted by atomic mass is 16.5. The first-order chi connectivity index (χ1) is 8.36. The van der Waals surface area contributed by atoms with E-state index in [1.54, 1.807) is 15.6 Å². The minimum absolute atomic E-state index is 0.0330. The fourth-order valence-electron chi connectivity index (χ4n) is 2.64. The second kappa shape index (κ2) is 4.62. The van der Waals surface area contributed by atoms with Gasteiger partial charge in [-0.25, -0.2) is 9.48 Å². The van der Waals surface area contributed by atoms with Crippen molar-refractivity contribution in [2.75, 3.05) is 26.3 Å². The molecule has 2 aliphatic rings. The molecular weight excluding hydrogens is 220 g/mol. The van der Waals surface area contributed by atoms with Gasteiger partial charge in [0.1, 0.15) is 6.33 Å². The van der Waals surface area contributed by atoms with E-state index in [1.165, 1.54) is 0 Å². The third-order valence-electron chi connectivity index (χ3n) is 3.68. The van der Waals surface area contributed by atoms with Gasteiger partial charge in [-0.05, 0) is 25.8 Å². The number of hydrogen-bond acceptors (Lipinski definition) is 4. The topological polar surface area (TPSA) is 61.1 Å². The van der Waals surface area contributed by atoms with Crippen LogP contribution in [-0.2, 0) is 4.74 Å². The molecule has 0 bridgehead atoms. The Labute approximate surface area is 99.6 Å². The minimum atomic E-state index is 0.0330. The normalized spacial score (nSPS) is 26.5. The largest absolute Gasteiger partial charge is 0.381 e. The maximum atomic E-state index is 12.3. The molecular formula is C11H18N4O2. The van der Waals surface area contributed by atoms with Gasteiger partial charge >= 0.3 is 5.69 Å². The Morgan fingerprint density at radius 3 is 2.82 bits per heavy atom. The first kappa shape index (κ1) is 11.0. The smallest absolute Gasteiger partial charge is 0.346 e. The summed E-state index contributed by atoms with van der Waals surface area (Å²) in [5, 5.41) is 7.54. The predicted molar refractivity (Wildman–Crippen MR) is 62.1 cm³/mol. The molecule has 94 valence electrons. The van der Waals surface area contributed by atoms with Gasteiger partial charge in [-0.2, -0.15) is 5.10 Å². The van der Waals surface area contributed by atoms with E-state index in [4.69, 9.17) is 4.74 Å². The lowest BCUT2D eigenvalue weighted by Gasteiger charge is -2.21. The summed E-state index contributed by atoms with van der Waals surface area (Å²) in [6, 6.07) is 0.489. The zero-order chi connectivity index (χ0) is 11.7. The predicted octanol–water partition coefficient (Wildman–Crippen LogP) is -0.0693. The van der Waals surface area contributed by atoms with Crippen molar-refractivity contribution in [3.63, 3.8) is 0 Å². The van der Waals surface area contributed by atoms with Gasteiger partial charge in [0.2, 0.25) is 0 Å². The van der Waals surface area contributed by atoms with Gasteiger partial charge in [0.15, 0.2) is 0 Å². The van der Waals surface area contributed by atoms with Crippen LogP contribution in [0.5, 0.6) is 0 Å². The van der Waals surface area contributed by atoms with Crippen LogP contribution in [0.15, 0.2) is 11.1 Å². The summed E-state index contributed by atoms with van der Waals surface area (Å²) in [5.74, 6) is 0. The van der Waals surface area contributed by atoms with Crippen LogP contribution < -0.4 is 11.0 Å². The van der Waals surface area contributed by atoms with E-state index in [0.29, 0.717) is 0 Å². The number of ether oxygens (including phenoxy) is 1. The second-order valence-corrected chi connectivity index (χ2v) is 4.76. The Hall–Kier alpha value is -1.14. The molecule has 6 heteroatoms. The van der Waals surface area contributed by atoms with Crippen molar-refractivity contribution in [3.8, 4) is 0 Å². The quantitative estimate of drug-likeness (QED) is 0.783. The molecule has 0 aromatic carbocycles. The molecule has 3 heterocycles. The van der Waals surface area contributed by atoms with Gasteiger partial charge < -0.3 is 10.1 Å². The number of rotatable bonds is 2. The minimum Gasteiger partial charge on any atom is -0.381 e. The third kappa shape index (κ3) is 2.02. The van der Waals surface area contributed by atoms with E-state index in [-0.39, 0.29) is 17.8 Å². The molecule has 1 unspecified atom stereocenters. The van der Waals surface area contributed by atoms with Crippen molar-refractivity contribution < 1.29 is 4.74 Å². The number of nitrogens with one attached hydrogen (secondary N) is 1. The van der Waals surface area contributed by atoms with Crippen molar-refractivity contribution >= 4 is 0 Å². The van der Waals surface area contributed by atoms with Crippen LogP contribution in [0.4, 0.5) is 0 Å². The van der Waals surface area contributed by atoms with E-state index in [2.05, 4.69) is 10.4 Å². The lowest BCUT2D eigenvalue weighted by atomic mass is 10.1. The molecule has 6 nitrogen and oxygen atoms in total. The maximum Gasteiger partial charge on any atom is 0.346 e. The molecule has 0 aliphatic carbocycles. The molecule has 17 heavy (non-hydrogen) atoms. The van der Waals surface area contributed by atoms with Crippen LogP contribution in [0.1, 0.15) is 31.3 Å². The average Bonchev–Trinajstić information content (AvgIpc) is 2.99. The molecule has 2 aliphatic heterocycles. The van der Waals surface area contributed by atoms with E-state index in [1.807, 2.05) is 0 Å². The number of nitrogens with zero attached hydrogens (tertiary/aromatic N) is 3. The van der Waals surface area contributed by atoms with Crippen LogP contribution in [0.25, 0.3) is 0 Å². The van der Waals surface area contributed by atoms with Crippen LogP contribution in [0.3, 0.4) is 0 Å². The van der Waals surface area contributed by atoms with Crippen LogP contribution >= 0.6 is 0 Å². The van der Waals surface area contributed by atoms with Crippen LogP contribution in [0, 0.1) is 0 Å². The summed E-state index contributed by atoms with van der Waals surface area (Å²) in [7, 11) is 0. The number of hydrogen-bond donors (Lipinski definition) is 1. The van der Waals surface area contributed by atoms with Crippen molar-refractivity contribution in [1.82, 2.24) is 19.7 Å². The molecule has 1 aromatic rings. The molecule has 0 spiro atoms. The first-order valence-corrected chi connectivity index (χ1v) is 6.30. The Bertz CT molecular complexity index is 427. The fraction of sp³-hybridized carbons (Fsp3) is 0.818. The summed E-state index contributed by atoms with van der Waals surface area (Å²) in [6.45, 7) is 3.32. The molecule has 1 aromatic heterocycles. The van der Waals surface area contributed by atoms with E-state index in [9.17, 15) is 4.79 Å². The summed E-state index contributed by atoms with van der Waals surface area (Å²) in [5.41, 5.74) is 0.0330. The Balaban J connectivity index is 1.83. The molecule has 1 N–H and O–H groups in total. The highest BCUT2D eigenvalue weighted by Gasteiger charge is 2.23. The van der Waals surface area contributed by atoms with Crippen molar-refractivity contribution in [1.29, 1.82) is 0 Å². The summed E-state index contributed by atoms with van der Waals surface area (Å²) in [4.78, 5) is 12.3. The lowest BCUT2D eigenvalue weighted by Crippen LogP contribution is -2.33. The highest BCUT2D eigenvalue weighted by Crippen LogP contribution is 2.18. The summed E-state index contributed by atoms with van der Waals surface area (Å²) < 4.78 is 8.72. The third-order valence-corrected chi connectivity index (χ3v) is 3.68. The highest BCUT2D eigenvalue weighted by molar-refractivity contribution is 4.84. The van der Waals surface area contributed by atoms with E-state index < -0.39 is 0 Å². The lowest BCUT2D eigenvalue weighted by molar-refractivity contribution is 0.0650. The van der Waals surface area contributed by atoms with E-state index >= 15 is 0 Å². The molecule has 1 atom stereocenters. The standard InChI is InChI=1S/C11H18N4O2/c16-11-14(10-1-4-12-7-10)8-13-15(11)9-2-5-17-6-3-9/h8-10,12H,1-7H2. The van der Waals surface area contributed by atoms with Gasteiger partial charge in [-0.15, -0.1) is 0 Å². The molecule has 0 amide bonds. The maximum absolute atomic E-state index is 12.3. The Morgan fingerprint density at radius 2 is 2.12 bits per heavy atom. The molecule has 0 saturated carbocycles. The van der Waals surface area contributed by atoms with Crippen molar-refractivity contribution in [2.24, 2.45) is 0 Å². The second-order valence-electron chi connectivity index (χ2n) is 4.76. The summed E-state index contributed by atoms with van der Waals surface area (Å²) in [6.07, 6.45) is 4.48. The average molecular weight is 238 g/mol. The fourth-order valence-corrected chi connectivity index (χ4v) is 2.64.